The van der Waals surface area contributed by atoms with Crippen LogP contribution in [0.3, 0.4) is 0 Å². The van der Waals surface area contributed by atoms with Crippen LogP contribution >= 0.6 is 11.6 Å². The molecule has 0 radical (unpaired) electrons. The van der Waals surface area contributed by atoms with E-state index < -0.39 is 0 Å². The minimum absolute atomic E-state index is 0.187. The van der Waals surface area contributed by atoms with Crippen LogP contribution in [0.4, 0.5) is 11.4 Å². The van der Waals surface area contributed by atoms with E-state index in [9.17, 15) is 4.79 Å². The molecule has 0 spiro atoms. The molecule has 5 nitrogen and oxygen atoms in total. The molecule has 1 saturated heterocycles. The van der Waals surface area contributed by atoms with E-state index in [4.69, 9.17) is 21.1 Å². The van der Waals surface area contributed by atoms with Crippen molar-refractivity contribution in [3.8, 4) is 11.5 Å². The molecule has 1 amide bonds. The Bertz CT molecular complexity index is 1120. The van der Waals surface area contributed by atoms with Crippen LogP contribution in [0, 0.1) is 0 Å². The van der Waals surface area contributed by atoms with E-state index >= 15 is 0 Å². The average molecular weight is 477 g/mol. The van der Waals surface area contributed by atoms with Gasteiger partial charge in [-0.15, -0.1) is 0 Å². The number of hydrogen-bond donors (Lipinski definition) is 1. The van der Waals surface area contributed by atoms with Crippen molar-refractivity contribution >= 4 is 35.0 Å². The third kappa shape index (κ3) is 6.55. The number of carbonyl (C=O) groups is 1. The number of piperidine rings is 1. The van der Waals surface area contributed by atoms with Gasteiger partial charge < -0.3 is 19.7 Å². The maximum atomic E-state index is 12.4. The zero-order chi connectivity index (χ0) is 23.8. The number of methoxy groups -OCH3 is 1. The summed E-state index contributed by atoms with van der Waals surface area (Å²) in [7, 11) is 1.60. The summed E-state index contributed by atoms with van der Waals surface area (Å²) in [6, 6.07) is 21.1. The molecule has 0 aromatic heterocycles. The smallest absolute Gasteiger partial charge is 0.248 e. The molecule has 34 heavy (non-hydrogen) atoms. The topological polar surface area (TPSA) is 50.8 Å². The largest absolute Gasteiger partial charge is 0.493 e. The van der Waals surface area contributed by atoms with E-state index in [2.05, 4.69) is 22.3 Å². The molecule has 1 aliphatic rings. The second-order valence-electron chi connectivity index (χ2n) is 8.24. The Morgan fingerprint density at radius 1 is 0.971 bits per heavy atom. The van der Waals surface area contributed by atoms with Crippen LogP contribution in [-0.2, 0) is 11.4 Å². The van der Waals surface area contributed by atoms with Gasteiger partial charge in [-0.05, 0) is 85.0 Å². The van der Waals surface area contributed by atoms with E-state index in [-0.39, 0.29) is 5.91 Å². The highest BCUT2D eigenvalue weighted by Gasteiger charge is 2.11. The molecule has 0 saturated carbocycles. The summed E-state index contributed by atoms with van der Waals surface area (Å²) in [6.07, 6.45) is 7.06. The normalized spacial score (nSPS) is 13.6. The predicted octanol–water partition coefficient (Wildman–Crippen LogP) is 6.57. The van der Waals surface area contributed by atoms with Gasteiger partial charge in [-0.2, -0.15) is 0 Å². The molecule has 0 bridgehead atoms. The number of halogens is 1. The van der Waals surface area contributed by atoms with Crippen molar-refractivity contribution in [2.45, 2.75) is 25.9 Å². The lowest BCUT2D eigenvalue weighted by Gasteiger charge is -2.28. The zero-order valence-electron chi connectivity index (χ0n) is 19.3. The maximum absolute atomic E-state index is 12.4. The molecule has 176 valence electrons. The quantitative estimate of drug-likeness (QED) is 0.373. The minimum Gasteiger partial charge on any atom is -0.493 e. The van der Waals surface area contributed by atoms with E-state index in [1.54, 1.807) is 13.2 Å². The molecule has 3 aromatic carbocycles. The van der Waals surface area contributed by atoms with Crippen molar-refractivity contribution < 1.29 is 14.3 Å². The van der Waals surface area contributed by atoms with Crippen LogP contribution < -0.4 is 19.7 Å². The monoisotopic (exact) mass is 476 g/mol. The molecule has 1 N–H and O–H groups in total. The van der Waals surface area contributed by atoms with Gasteiger partial charge in [0, 0.05) is 35.6 Å². The van der Waals surface area contributed by atoms with Crippen LogP contribution in [-0.4, -0.2) is 26.1 Å². The highest BCUT2D eigenvalue weighted by molar-refractivity contribution is 6.30. The van der Waals surface area contributed by atoms with Crippen molar-refractivity contribution in [1.29, 1.82) is 0 Å². The Kier molecular flexibility index (Phi) is 8.10. The van der Waals surface area contributed by atoms with Crippen LogP contribution in [0.1, 0.15) is 30.4 Å². The van der Waals surface area contributed by atoms with Crippen LogP contribution in [0.15, 0.2) is 72.8 Å². The number of anilines is 2. The summed E-state index contributed by atoms with van der Waals surface area (Å²) >= 11 is 5.93. The van der Waals surface area contributed by atoms with Crippen LogP contribution in [0.2, 0.25) is 5.02 Å². The van der Waals surface area contributed by atoms with E-state index in [1.807, 2.05) is 54.6 Å². The first kappa shape index (κ1) is 23.7. The van der Waals surface area contributed by atoms with Crippen molar-refractivity contribution in [1.82, 2.24) is 0 Å². The first-order valence-electron chi connectivity index (χ1n) is 11.5. The summed E-state index contributed by atoms with van der Waals surface area (Å²) in [5.74, 6) is 1.05. The summed E-state index contributed by atoms with van der Waals surface area (Å²) in [4.78, 5) is 14.8. The molecule has 4 rings (SSSR count). The van der Waals surface area contributed by atoms with E-state index in [0.717, 1.165) is 29.9 Å². The van der Waals surface area contributed by atoms with Gasteiger partial charge in [-0.1, -0.05) is 29.8 Å². The Balaban J connectivity index is 1.33. The summed E-state index contributed by atoms with van der Waals surface area (Å²) in [5.41, 5.74) is 3.83. The molecule has 0 unspecified atom stereocenters. The average Bonchev–Trinajstić information content (AvgIpc) is 2.88. The first-order chi connectivity index (χ1) is 16.6. The Morgan fingerprint density at radius 3 is 2.41 bits per heavy atom. The van der Waals surface area contributed by atoms with Gasteiger partial charge in [0.1, 0.15) is 6.61 Å². The predicted molar refractivity (Wildman–Crippen MR) is 139 cm³/mol. The molecule has 1 fully saturated rings. The molecule has 1 aliphatic heterocycles. The third-order valence-corrected chi connectivity index (χ3v) is 6.03. The summed E-state index contributed by atoms with van der Waals surface area (Å²) in [6.45, 7) is 2.60. The van der Waals surface area contributed by atoms with Gasteiger partial charge in [-0.3, -0.25) is 4.79 Å². The first-order valence-corrected chi connectivity index (χ1v) is 11.9. The molecular formula is C28H29ClN2O3. The molecule has 1 heterocycles. The SMILES string of the molecule is COc1cc(C=CC(=O)Nc2ccc(N3CCCCC3)cc2)ccc1OCc1ccc(Cl)cc1. The van der Waals surface area contributed by atoms with Gasteiger partial charge in [0.15, 0.2) is 11.5 Å². The maximum Gasteiger partial charge on any atom is 0.248 e. The number of hydrogen-bond acceptors (Lipinski definition) is 4. The number of carbonyl (C=O) groups excluding carboxylic acids is 1. The molecule has 0 aliphatic carbocycles. The number of nitrogens with zero attached hydrogens (tertiary/aromatic N) is 1. The van der Waals surface area contributed by atoms with E-state index in [1.165, 1.54) is 31.0 Å². The molecule has 0 atom stereocenters. The highest BCUT2D eigenvalue weighted by atomic mass is 35.5. The van der Waals surface area contributed by atoms with Crippen molar-refractivity contribution in [3.63, 3.8) is 0 Å². The van der Waals surface area contributed by atoms with Crippen LogP contribution in [0.25, 0.3) is 6.08 Å². The van der Waals surface area contributed by atoms with Crippen LogP contribution in [0.5, 0.6) is 11.5 Å². The minimum atomic E-state index is -0.187. The summed E-state index contributed by atoms with van der Waals surface area (Å²) in [5, 5.41) is 3.61. The fraction of sp³-hybridized carbons (Fsp3) is 0.250. The second-order valence-corrected chi connectivity index (χ2v) is 8.68. The lowest BCUT2D eigenvalue weighted by molar-refractivity contribution is -0.111. The van der Waals surface area contributed by atoms with Gasteiger partial charge in [-0.25, -0.2) is 0 Å². The van der Waals surface area contributed by atoms with Gasteiger partial charge in [0.2, 0.25) is 5.91 Å². The van der Waals surface area contributed by atoms with Crippen molar-refractivity contribution in [2.75, 3.05) is 30.4 Å². The van der Waals surface area contributed by atoms with Gasteiger partial charge in [0.25, 0.3) is 0 Å². The van der Waals surface area contributed by atoms with Gasteiger partial charge >= 0.3 is 0 Å². The number of ether oxygens (including phenoxy) is 2. The number of amides is 1. The van der Waals surface area contributed by atoms with Gasteiger partial charge in [0.05, 0.1) is 7.11 Å². The molecule has 6 heteroatoms. The van der Waals surface area contributed by atoms with Crippen molar-refractivity contribution in [2.24, 2.45) is 0 Å². The lowest BCUT2D eigenvalue weighted by atomic mass is 10.1. The lowest BCUT2D eigenvalue weighted by Crippen LogP contribution is -2.29. The third-order valence-electron chi connectivity index (χ3n) is 5.78. The molecular weight excluding hydrogens is 448 g/mol. The number of benzene rings is 3. The molecule has 3 aromatic rings. The zero-order valence-corrected chi connectivity index (χ0v) is 20.1. The standard InChI is InChI=1S/C28H29ClN2O3/c1-33-27-19-21(7-15-26(27)34-20-22-5-9-23(29)10-6-22)8-16-28(32)30-24-11-13-25(14-12-24)31-17-3-2-4-18-31/h5-16,19H,2-4,17-18,20H2,1H3,(H,30,32). The summed E-state index contributed by atoms with van der Waals surface area (Å²) < 4.78 is 11.4. The highest BCUT2D eigenvalue weighted by Crippen LogP contribution is 2.29. The Morgan fingerprint density at radius 2 is 1.71 bits per heavy atom. The van der Waals surface area contributed by atoms with E-state index in [0.29, 0.717) is 23.1 Å². The fourth-order valence-electron chi connectivity index (χ4n) is 3.91. The number of rotatable bonds is 8. The van der Waals surface area contributed by atoms with Crippen molar-refractivity contribution in [3.05, 3.63) is 89.0 Å². The Labute approximate surface area is 206 Å². The second kappa shape index (κ2) is 11.6. The number of nitrogens with one attached hydrogen (secondary N) is 1. The fourth-order valence-corrected chi connectivity index (χ4v) is 4.04. The Hall–Kier alpha value is -3.44.